The number of halogens is 1. The van der Waals surface area contributed by atoms with E-state index in [4.69, 9.17) is 16.3 Å². The SMILES string of the molecule is COc1ccccc1[C@@H](C)NC(=O)C1CCN(Cc2ccccc2Cl)CC1. The number of hydrogen-bond acceptors (Lipinski definition) is 3. The Bertz CT molecular complexity index is 772. The third-order valence-electron chi connectivity index (χ3n) is 5.27. The first-order chi connectivity index (χ1) is 13.1. The van der Waals surface area contributed by atoms with Crippen molar-refractivity contribution in [3.8, 4) is 5.75 Å². The molecular formula is C22H27ClN2O2. The van der Waals surface area contributed by atoms with Gasteiger partial charge in [0, 0.05) is 23.0 Å². The van der Waals surface area contributed by atoms with Gasteiger partial charge in [0.25, 0.3) is 0 Å². The zero-order chi connectivity index (χ0) is 19.2. The fraction of sp³-hybridized carbons (Fsp3) is 0.409. The summed E-state index contributed by atoms with van der Waals surface area (Å²) in [4.78, 5) is 15.1. The van der Waals surface area contributed by atoms with Crippen molar-refractivity contribution in [2.75, 3.05) is 20.2 Å². The van der Waals surface area contributed by atoms with E-state index < -0.39 is 0 Å². The van der Waals surface area contributed by atoms with Gasteiger partial charge in [0.05, 0.1) is 13.2 Å². The quantitative estimate of drug-likeness (QED) is 0.798. The number of para-hydroxylation sites is 1. The van der Waals surface area contributed by atoms with E-state index in [0.717, 1.165) is 54.4 Å². The monoisotopic (exact) mass is 386 g/mol. The van der Waals surface area contributed by atoms with Crippen LogP contribution in [0, 0.1) is 5.92 Å². The predicted octanol–water partition coefficient (Wildman–Crippen LogP) is 4.44. The molecule has 0 unspecified atom stereocenters. The third kappa shape index (κ3) is 5.02. The smallest absolute Gasteiger partial charge is 0.223 e. The van der Waals surface area contributed by atoms with E-state index in [1.54, 1.807) is 7.11 Å². The molecule has 4 nitrogen and oxygen atoms in total. The van der Waals surface area contributed by atoms with Crippen LogP contribution in [0.15, 0.2) is 48.5 Å². The second kappa shape index (κ2) is 9.25. The highest BCUT2D eigenvalue weighted by molar-refractivity contribution is 6.31. The molecule has 5 heteroatoms. The van der Waals surface area contributed by atoms with E-state index in [2.05, 4.69) is 16.3 Å². The summed E-state index contributed by atoms with van der Waals surface area (Å²) in [6, 6.07) is 15.7. The topological polar surface area (TPSA) is 41.6 Å². The van der Waals surface area contributed by atoms with Crippen molar-refractivity contribution in [1.82, 2.24) is 10.2 Å². The minimum atomic E-state index is -0.0743. The van der Waals surface area contributed by atoms with Gasteiger partial charge in [-0.1, -0.05) is 48.0 Å². The number of likely N-dealkylation sites (tertiary alicyclic amines) is 1. The number of nitrogens with zero attached hydrogens (tertiary/aromatic N) is 1. The maximum Gasteiger partial charge on any atom is 0.223 e. The van der Waals surface area contributed by atoms with Crippen LogP contribution < -0.4 is 10.1 Å². The molecule has 1 aliphatic rings. The fourth-order valence-corrected chi connectivity index (χ4v) is 3.85. The predicted molar refractivity (Wildman–Crippen MR) is 109 cm³/mol. The fourth-order valence-electron chi connectivity index (χ4n) is 3.65. The summed E-state index contributed by atoms with van der Waals surface area (Å²) in [5.74, 6) is 0.996. The Morgan fingerprint density at radius 1 is 1.19 bits per heavy atom. The van der Waals surface area contributed by atoms with Gasteiger partial charge in [-0.2, -0.15) is 0 Å². The lowest BCUT2D eigenvalue weighted by atomic mass is 9.94. The lowest BCUT2D eigenvalue weighted by Crippen LogP contribution is -2.41. The van der Waals surface area contributed by atoms with Gasteiger partial charge in [-0.3, -0.25) is 9.69 Å². The molecule has 0 aromatic heterocycles. The zero-order valence-corrected chi connectivity index (χ0v) is 16.7. The van der Waals surface area contributed by atoms with Crippen molar-refractivity contribution >= 4 is 17.5 Å². The summed E-state index contributed by atoms with van der Waals surface area (Å²) in [6.45, 7) is 4.66. The standard InChI is InChI=1S/C22H27ClN2O2/c1-16(19-8-4-6-10-21(19)27-2)24-22(26)17-11-13-25(14-12-17)15-18-7-3-5-9-20(18)23/h3-10,16-17H,11-15H2,1-2H3,(H,24,26)/t16-/m1/s1. The van der Waals surface area contributed by atoms with Gasteiger partial charge in [-0.15, -0.1) is 0 Å². The maximum absolute atomic E-state index is 12.7. The van der Waals surface area contributed by atoms with Crippen LogP contribution in [0.25, 0.3) is 0 Å². The molecule has 2 aromatic rings. The Hall–Kier alpha value is -2.04. The number of carbonyl (C=O) groups is 1. The first kappa shape index (κ1) is 19.7. The summed E-state index contributed by atoms with van der Waals surface area (Å²) in [7, 11) is 1.65. The van der Waals surface area contributed by atoms with Crippen LogP contribution in [-0.4, -0.2) is 31.0 Å². The highest BCUT2D eigenvalue weighted by atomic mass is 35.5. The van der Waals surface area contributed by atoms with Gasteiger partial charge in [-0.25, -0.2) is 0 Å². The summed E-state index contributed by atoms with van der Waals surface area (Å²) in [6.07, 6.45) is 1.74. The van der Waals surface area contributed by atoms with Crippen LogP contribution in [0.4, 0.5) is 0 Å². The molecule has 1 N–H and O–H groups in total. The van der Waals surface area contributed by atoms with Gasteiger partial charge in [0.1, 0.15) is 5.75 Å². The Labute approximate surface area is 166 Å². The molecule has 27 heavy (non-hydrogen) atoms. The molecule has 0 radical (unpaired) electrons. The van der Waals surface area contributed by atoms with Crippen LogP contribution in [-0.2, 0) is 11.3 Å². The highest BCUT2D eigenvalue weighted by Gasteiger charge is 2.26. The number of hydrogen-bond donors (Lipinski definition) is 1. The Morgan fingerprint density at radius 3 is 2.56 bits per heavy atom. The first-order valence-corrected chi connectivity index (χ1v) is 9.85. The largest absolute Gasteiger partial charge is 0.496 e. The minimum absolute atomic E-state index is 0.0599. The molecule has 1 aliphatic heterocycles. The summed E-state index contributed by atoms with van der Waals surface area (Å²) < 4.78 is 5.41. The second-order valence-corrected chi connectivity index (χ2v) is 7.52. The molecule has 1 fully saturated rings. The molecule has 0 saturated carbocycles. The van der Waals surface area contributed by atoms with E-state index >= 15 is 0 Å². The molecule has 0 spiro atoms. The van der Waals surface area contributed by atoms with E-state index in [-0.39, 0.29) is 17.9 Å². The van der Waals surface area contributed by atoms with Gasteiger partial charge in [-0.05, 0) is 50.6 Å². The normalized spacial score (nSPS) is 16.7. The van der Waals surface area contributed by atoms with Crippen LogP contribution >= 0.6 is 11.6 Å². The molecule has 1 heterocycles. The molecule has 0 bridgehead atoms. The van der Waals surface area contributed by atoms with Crippen LogP contribution in [0.2, 0.25) is 5.02 Å². The summed E-state index contributed by atoms with van der Waals surface area (Å²) >= 11 is 6.26. The molecule has 0 aliphatic carbocycles. The van der Waals surface area contributed by atoms with E-state index in [0.29, 0.717) is 0 Å². The molecule has 1 amide bonds. The Kier molecular flexibility index (Phi) is 6.75. The number of nitrogens with one attached hydrogen (secondary N) is 1. The number of methoxy groups -OCH3 is 1. The van der Waals surface area contributed by atoms with Crippen LogP contribution in [0.3, 0.4) is 0 Å². The molecular weight excluding hydrogens is 360 g/mol. The lowest BCUT2D eigenvalue weighted by molar-refractivity contribution is -0.127. The number of piperidine rings is 1. The van der Waals surface area contributed by atoms with E-state index in [1.165, 1.54) is 0 Å². The van der Waals surface area contributed by atoms with E-state index in [9.17, 15) is 4.79 Å². The van der Waals surface area contributed by atoms with Crippen molar-refractivity contribution in [2.45, 2.75) is 32.4 Å². The Morgan fingerprint density at radius 2 is 1.85 bits per heavy atom. The van der Waals surface area contributed by atoms with Crippen molar-refractivity contribution < 1.29 is 9.53 Å². The lowest BCUT2D eigenvalue weighted by Gasteiger charge is -2.32. The van der Waals surface area contributed by atoms with Crippen molar-refractivity contribution in [1.29, 1.82) is 0 Å². The van der Waals surface area contributed by atoms with Gasteiger partial charge in [0.2, 0.25) is 5.91 Å². The van der Waals surface area contributed by atoms with Crippen LogP contribution in [0.1, 0.15) is 36.9 Å². The van der Waals surface area contributed by atoms with Gasteiger partial charge >= 0.3 is 0 Å². The summed E-state index contributed by atoms with van der Waals surface area (Å²) in [5, 5.41) is 3.96. The van der Waals surface area contributed by atoms with Gasteiger partial charge in [0.15, 0.2) is 0 Å². The molecule has 2 aromatic carbocycles. The van der Waals surface area contributed by atoms with Crippen molar-refractivity contribution in [2.24, 2.45) is 5.92 Å². The van der Waals surface area contributed by atoms with Crippen LogP contribution in [0.5, 0.6) is 5.75 Å². The van der Waals surface area contributed by atoms with Crippen molar-refractivity contribution in [3.63, 3.8) is 0 Å². The minimum Gasteiger partial charge on any atom is -0.496 e. The third-order valence-corrected chi connectivity index (χ3v) is 5.64. The summed E-state index contributed by atoms with van der Waals surface area (Å²) in [5.41, 5.74) is 2.15. The molecule has 3 rings (SSSR count). The number of benzene rings is 2. The average molecular weight is 387 g/mol. The number of amides is 1. The number of carbonyl (C=O) groups excluding carboxylic acids is 1. The molecule has 1 saturated heterocycles. The Balaban J connectivity index is 1.52. The zero-order valence-electron chi connectivity index (χ0n) is 16.0. The highest BCUT2D eigenvalue weighted by Crippen LogP contribution is 2.26. The second-order valence-electron chi connectivity index (χ2n) is 7.11. The maximum atomic E-state index is 12.7. The molecule has 1 atom stereocenters. The van der Waals surface area contributed by atoms with Crippen molar-refractivity contribution in [3.05, 3.63) is 64.7 Å². The number of rotatable bonds is 6. The van der Waals surface area contributed by atoms with Gasteiger partial charge < -0.3 is 10.1 Å². The first-order valence-electron chi connectivity index (χ1n) is 9.47. The average Bonchev–Trinajstić information content (AvgIpc) is 2.70. The molecule has 144 valence electrons. The number of ether oxygens (including phenoxy) is 1. The van der Waals surface area contributed by atoms with E-state index in [1.807, 2.05) is 49.4 Å².